The van der Waals surface area contributed by atoms with E-state index in [2.05, 4.69) is 0 Å². The molecule has 0 bridgehead atoms. The van der Waals surface area contributed by atoms with Crippen LogP contribution in [0.25, 0.3) is 0 Å². The van der Waals surface area contributed by atoms with Gasteiger partial charge in [0.2, 0.25) is 0 Å². The number of hydrogen-bond acceptors (Lipinski definition) is 3. The van der Waals surface area contributed by atoms with Gasteiger partial charge < -0.3 is 15.4 Å². The molecule has 1 heterocycles. The Labute approximate surface area is 145 Å². The van der Waals surface area contributed by atoms with Gasteiger partial charge in [0.05, 0.1) is 5.56 Å². The molecule has 0 unspecified atom stereocenters. The molecule has 0 saturated heterocycles. The standard InChI is InChI=1S/C18H17ClN2O3/c1-11(24-16-7-6-13(19)10-14(16)17(20)22)18(23)21-9-8-12-4-2-3-5-15(12)21/h2-7,10-11H,8-9H2,1H3,(H2,20,22)/t11-/m1/s1. The Morgan fingerprint density at radius 3 is 2.75 bits per heavy atom. The molecule has 2 N–H and O–H groups in total. The number of hydrogen-bond donors (Lipinski definition) is 1. The number of carbonyl (C=O) groups excluding carboxylic acids is 2. The van der Waals surface area contributed by atoms with E-state index in [1.807, 2.05) is 24.3 Å². The first-order valence-corrected chi connectivity index (χ1v) is 8.00. The molecule has 3 rings (SSSR count). The van der Waals surface area contributed by atoms with E-state index in [0.29, 0.717) is 11.6 Å². The number of amides is 2. The van der Waals surface area contributed by atoms with Gasteiger partial charge in [0.1, 0.15) is 5.75 Å². The maximum absolute atomic E-state index is 12.7. The number of primary amides is 1. The number of carbonyl (C=O) groups is 2. The van der Waals surface area contributed by atoms with E-state index in [4.69, 9.17) is 22.1 Å². The van der Waals surface area contributed by atoms with Gasteiger partial charge in [0.15, 0.2) is 6.10 Å². The summed E-state index contributed by atoms with van der Waals surface area (Å²) in [5, 5.41) is 0.378. The number of ether oxygens (including phenoxy) is 1. The largest absolute Gasteiger partial charge is 0.480 e. The van der Waals surface area contributed by atoms with Crippen LogP contribution in [0.2, 0.25) is 5.02 Å². The fourth-order valence-corrected chi connectivity index (χ4v) is 3.00. The van der Waals surface area contributed by atoms with Gasteiger partial charge in [-0.15, -0.1) is 0 Å². The zero-order valence-electron chi connectivity index (χ0n) is 13.2. The number of para-hydroxylation sites is 1. The van der Waals surface area contributed by atoms with Gasteiger partial charge in [0.25, 0.3) is 11.8 Å². The van der Waals surface area contributed by atoms with Gasteiger partial charge in [-0.1, -0.05) is 29.8 Å². The topological polar surface area (TPSA) is 72.6 Å². The predicted molar refractivity (Wildman–Crippen MR) is 92.6 cm³/mol. The van der Waals surface area contributed by atoms with Crippen LogP contribution in [0, 0.1) is 0 Å². The Balaban J connectivity index is 1.80. The highest BCUT2D eigenvalue weighted by atomic mass is 35.5. The van der Waals surface area contributed by atoms with E-state index in [0.717, 1.165) is 17.7 Å². The minimum absolute atomic E-state index is 0.156. The lowest BCUT2D eigenvalue weighted by atomic mass is 10.2. The van der Waals surface area contributed by atoms with Crippen molar-refractivity contribution in [1.82, 2.24) is 0 Å². The SMILES string of the molecule is C[C@@H](Oc1ccc(Cl)cc1C(N)=O)C(=O)N1CCc2ccccc21. The molecule has 1 aliphatic heterocycles. The minimum atomic E-state index is -0.754. The van der Waals surface area contributed by atoms with Crippen molar-refractivity contribution in [2.24, 2.45) is 5.73 Å². The Morgan fingerprint density at radius 1 is 1.25 bits per heavy atom. The molecule has 0 radical (unpaired) electrons. The van der Waals surface area contributed by atoms with Crippen LogP contribution in [0.3, 0.4) is 0 Å². The second-order valence-electron chi connectivity index (χ2n) is 5.63. The molecule has 0 aromatic heterocycles. The van der Waals surface area contributed by atoms with E-state index in [9.17, 15) is 9.59 Å². The zero-order valence-corrected chi connectivity index (χ0v) is 13.9. The molecule has 2 amide bonds. The van der Waals surface area contributed by atoms with E-state index in [1.165, 1.54) is 6.07 Å². The Bertz CT molecular complexity index is 807. The van der Waals surface area contributed by atoms with Gasteiger partial charge in [-0.2, -0.15) is 0 Å². The minimum Gasteiger partial charge on any atom is -0.480 e. The van der Waals surface area contributed by atoms with Crippen LogP contribution in [0.4, 0.5) is 5.69 Å². The Morgan fingerprint density at radius 2 is 2.00 bits per heavy atom. The van der Waals surface area contributed by atoms with E-state index in [1.54, 1.807) is 24.0 Å². The molecule has 2 aromatic carbocycles. The van der Waals surface area contributed by atoms with Crippen molar-refractivity contribution in [2.75, 3.05) is 11.4 Å². The summed E-state index contributed by atoms with van der Waals surface area (Å²) in [6.45, 7) is 2.28. The molecule has 124 valence electrons. The van der Waals surface area contributed by atoms with Crippen LogP contribution in [-0.4, -0.2) is 24.5 Å². The molecule has 0 fully saturated rings. The number of halogens is 1. The lowest BCUT2D eigenvalue weighted by molar-refractivity contribution is -0.124. The third kappa shape index (κ3) is 3.08. The second-order valence-corrected chi connectivity index (χ2v) is 6.07. The summed E-state index contributed by atoms with van der Waals surface area (Å²) < 4.78 is 5.70. The smallest absolute Gasteiger partial charge is 0.267 e. The van der Waals surface area contributed by atoms with E-state index in [-0.39, 0.29) is 17.2 Å². The molecule has 1 aliphatic rings. The monoisotopic (exact) mass is 344 g/mol. The van der Waals surface area contributed by atoms with Gasteiger partial charge in [0, 0.05) is 17.3 Å². The highest BCUT2D eigenvalue weighted by molar-refractivity contribution is 6.31. The van der Waals surface area contributed by atoms with Crippen molar-refractivity contribution in [3.05, 3.63) is 58.6 Å². The van der Waals surface area contributed by atoms with Crippen LogP contribution < -0.4 is 15.4 Å². The molecule has 0 aliphatic carbocycles. The van der Waals surface area contributed by atoms with Gasteiger partial charge in [-0.25, -0.2) is 0 Å². The van der Waals surface area contributed by atoms with Crippen LogP contribution in [0.5, 0.6) is 5.75 Å². The summed E-state index contributed by atoms with van der Waals surface area (Å²) in [4.78, 5) is 26.0. The van der Waals surface area contributed by atoms with Crippen molar-refractivity contribution < 1.29 is 14.3 Å². The van der Waals surface area contributed by atoms with Crippen LogP contribution in [-0.2, 0) is 11.2 Å². The summed E-state index contributed by atoms with van der Waals surface area (Å²) in [5.74, 6) is -0.566. The molecule has 0 spiro atoms. The first-order chi connectivity index (χ1) is 11.5. The Kier molecular flexibility index (Phi) is 4.44. The van der Waals surface area contributed by atoms with Crippen molar-refractivity contribution >= 4 is 29.1 Å². The lowest BCUT2D eigenvalue weighted by Gasteiger charge is -2.23. The number of benzene rings is 2. The van der Waals surface area contributed by atoms with Crippen molar-refractivity contribution in [2.45, 2.75) is 19.4 Å². The second kappa shape index (κ2) is 6.53. The van der Waals surface area contributed by atoms with Gasteiger partial charge >= 0.3 is 0 Å². The number of fused-ring (bicyclic) bond motifs is 1. The number of rotatable bonds is 4. The van der Waals surface area contributed by atoms with Gasteiger partial charge in [-0.05, 0) is 43.2 Å². The zero-order chi connectivity index (χ0) is 17.3. The summed E-state index contributed by atoms with van der Waals surface area (Å²) >= 11 is 5.88. The highest BCUT2D eigenvalue weighted by Crippen LogP contribution is 2.29. The third-order valence-corrected chi connectivity index (χ3v) is 4.25. The average Bonchev–Trinajstić information content (AvgIpc) is 2.99. The van der Waals surface area contributed by atoms with Crippen LogP contribution >= 0.6 is 11.6 Å². The lowest BCUT2D eigenvalue weighted by Crippen LogP contribution is -2.39. The van der Waals surface area contributed by atoms with Crippen LogP contribution in [0.15, 0.2) is 42.5 Å². The quantitative estimate of drug-likeness (QED) is 0.926. The molecule has 0 saturated carbocycles. The Hall–Kier alpha value is -2.53. The highest BCUT2D eigenvalue weighted by Gasteiger charge is 2.29. The first kappa shape index (κ1) is 16.3. The van der Waals surface area contributed by atoms with Crippen molar-refractivity contribution in [3.8, 4) is 5.75 Å². The normalized spacial score (nSPS) is 14.2. The first-order valence-electron chi connectivity index (χ1n) is 7.62. The average molecular weight is 345 g/mol. The maximum Gasteiger partial charge on any atom is 0.267 e. The molecule has 6 heteroatoms. The maximum atomic E-state index is 12.7. The molecular weight excluding hydrogens is 328 g/mol. The molecule has 1 atom stereocenters. The number of anilines is 1. The van der Waals surface area contributed by atoms with E-state index >= 15 is 0 Å². The fourth-order valence-electron chi connectivity index (χ4n) is 2.83. The molecule has 24 heavy (non-hydrogen) atoms. The predicted octanol–water partition coefficient (Wildman–Crippen LogP) is 2.80. The summed E-state index contributed by atoms with van der Waals surface area (Å²) in [5.41, 5.74) is 7.55. The van der Waals surface area contributed by atoms with Crippen LogP contribution in [0.1, 0.15) is 22.8 Å². The fraction of sp³-hybridized carbons (Fsp3) is 0.222. The van der Waals surface area contributed by atoms with Gasteiger partial charge in [-0.3, -0.25) is 9.59 Å². The number of nitrogens with zero attached hydrogens (tertiary/aromatic N) is 1. The van der Waals surface area contributed by atoms with Crippen molar-refractivity contribution in [3.63, 3.8) is 0 Å². The summed E-state index contributed by atoms with van der Waals surface area (Å²) in [7, 11) is 0. The summed E-state index contributed by atoms with van der Waals surface area (Å²) in [6, 6.07) is 12.4. The summed E-state index contributed by atoms with van der Waals surface area (Å²) in [6.07, 6.45) is 0.0673. The van der Waals surface area contributed by atoms with Crippen molar-refractivity contribution in [1.29, 1.82) is 0 Å². The number of nitrogens with two attached hydrogens (primary N) is 1. The molecule has 5 nitrogen and oxygen atoms in total. The third-order valence-electron chi connectivity index (χ3n) is 4.01. The molecule has 2 aromatic rings. The molecular formula is C18H17ClN2O3. The van der Waals surface area contributed by atoms with E-state index < -0.39 is 12.0 Å².